The van der Waals surface area contributed by atoms with Crippen molar-refractivity contribution in [2.75, 3.05) is 17.6 Å². The maximum absolute atomic E-state index is 4.44. The molecule has 0 radical (unpaired) electrons. The van der Waals surface area contributed by atoms with Gasteiger partial charge in [0.2, 0.25) is 0 Å². The van der Waals surface area contributed by atoms with Gasteiger partial charge in [-0.05, 0) is 12.8 Å². The highest BCUT2D eigenvalue weighted by Crippen LogP contribution is 2.19. The number of nitrogens with one attached hydrogen (secondary N) is 1. The zero-order valence-electron chi connectivity index (χ0n) is 9.16. The maximum Gasteiger partial charge on any atom is 0.161 e. The molecular formula is C10H16N4S. The summed E-state index contributed by atoms with van der Waals surface area (Å²) in [6, 6.07) is 0. The number of amidine groups is 1. The smallest absolute Gasteiger partial charge is 0.161 e. The number of hydrogen-bond acceptors (Lipinski definition) is 4. The van der Waals surface area contributed by atoms with E-state index in [9.17, 15) is 0 Å². The SMILES string of the molecule is CCc1nn(C)cc1NC1=NCCCS1. The van der Waals surface area contributed by atoms with E-state index in [1.807, 2.05) is 17.9 Å². The van der Waals surface area contributed by atoms with Crippen LogP contribution in [-0.2, 0) is 13.5 Å². The molecule has 1 aliphatic heterocycles. The predicted molar refractivity (Wildman–Crippen MR) is 65.6 cm³/mol. The van der Waals surface area contributed by atoms with Gasteiger partial charge in [0.15, 0.2) is 5.17 Å². The molecule has 2 rings (SSSR count). The lowest BCUT2D eigenvalue weighted by Gasteiger charge is -2.12. The van der Waals surface area contributed by atoms with Crippen molar-refractivity contribution in [3.63, 3.8) is 0 Å². The van der Waals surface area contributed by atoms with E-state index in [-0.39, 0.29) is 0 Å². The van der Waals surface area contributed by atoms with Crippen LogP contribution in [0.1, 0.15) is 19.0 Å². The number of thioether (sulfide) groups is 1. The Morgan fingerprint density at radius 1 is 1.60 bits per heavy atom. The summed E-state index contributed by atoms with van der Waals surface area (Å²) in [7, 11) is 1.94. The summed E-state index contributed by atoms with van der Waals surface area (Å²) in [5.41, 5.74) is 2.19. The predicted octanol–water partition coefficient (Wildman–Crippen LogP) is 1.89. The molecule has 4 nitrogen and oxygen atoms in total. The number of hydrogen-bond donors (Lipinski definition) is 1. The Morgan fingerprint density at radius 3 is 3.13 bits per heavy atom. The van der Waals surface area contributed by atoms with Crippen molar-refractivity contribution in [1.29, 1.82) is 0 Å². The summed E-state index contributed by atoms with van der Waals surface area (Å²) in [4.78, 5) is 4.44. The lowest BCUT2D eigenvalue weighted by atomic mass is 10.3. The van der Waals surface area contributed by atoms with Crippen molar-refractivity contribution >= 4 is 22.6 Å². The van der Waals surface area contributed by atoms with Crippen LogP contribution in [0.4, 0.5) is 5.69 Å². The monoisotopic (exact) mass is 224 g/mol. The second-order valence-corrected chi connectivity index (χ2v) is 4.61. The van der Waals surface area contributed by atoms with Crippen molar-refractivity contribution in [2.45, 2.75) is 19.8 Å². The Balaban J connectivity index is 2.12. The van der Waals surface area contributed by atoms with Crippen LogP contribution in [-0.4, -0.2) is 27.2 Å². The molecule has 1 aromatic heterocycles. The molecular weight excluding hydrogens is 208 g/mol. The zero-order chi connectivity index (χ0) is 10.7. The topological polar surface area (TPSA) is 42.2 Å². The van der Waals surface area contributed by atoms with E-state index < -0.39 is 0 Å². The van der Waals surface area contributed by atoms with E-state index in [1.165, 1.54) is 6.42 Å². The Kier molecular flexibility index (Phi) is 3.30. The summed E-state index contributed by atoms with van der Waals surface area (Å²) in [5, 5.41) is 8.77. The van der Waals surface area contributed by atoms with E-state index in [2.05, 4.69) is 22.3 Å². The zero-order valence-corrected chi connectivity index (χ0v) is 9.97. The lowest BCUT2D eigenvalue weighted by Crippen LogP contribution is -2.13. The summed E-state index contributed by atoms with van der Waals surface area (Å²) in [6.45, 7) is 3.06. The van der Waals surface area contributed by atoms with Gasteiger partial charge in [-0.25, -0.2) is 0 Å². The average molecular weight is 224 g/mol. The Morgan fingerprint density at radius 2 is 2.47 bits per heavy atom. The fourth-order valence-corrected chi connectivity index (χ4v) is 2.38. The van der Waals surface area contributed by atoms with Gasteiger partial charge in [-0.2, -0.15) is 5.10 Å². The van der Waals surface area contributed by atoms with Crippen LogP contribution in [0.2, 0.25) is 0 Å². The molecule has 0 aliphatic carbocycles. The summed E-state index contributed by atoms with van der Waals surface area (Å²) < 4.78 is 1.84. The molecule has 0 atom stereocenters. The van der Waals surface area contributed by atoms with Gasteiger partial charge in [0.05, 0.1) is 11.4 Å². The van der Waals surface area contributed by atoms with Gasteiger partial charge in [-0.3, -0.25) is 9.67 Å². The molecule has 0 saturated carbocycles. The first kappa shape index (κ1) is 10.5. The molecule has 15 heavy (non-hydrogen) atoms. The van der Waals surface area contributed by atoms with Crippen LogP contribution in [0.5, 0.6) is 0 Å². The van der Waals surface area contributed by atoms with Gasteiger partial charge in [0.1, 0.15) is 0 Å². The molecule has 0 spiro atoms. The molecule has 0 bridgehead atoms. The third-order valence-corrected chi connectivity index (χ3v) is 3.28. The highest BCUT2D eigenvalue weighted by atomic mass is 32.2. The fourth-order valence-electron chi connectivity index (χ4n) is 1.55. The Hall–Kier alpha value is -0.970. The highest BCUT2D eigenvalue weighted by Gasteiger charge is 2.10. The van der Waals surface area contributed by atoms with Gasteiger partial charge in [0.25, 0.3) is 0 Å². The van der Waals surface area contributed by atoms with Gasteiger partial charge in [0, 0.05) is 25.5 Å². The number of rotatable bonds is 2. The van der Waals surface area contributed by atoms with Gasteiger partial charge < -0.3 is 5.32 Å². The third kappa shape index (κ3) is 2.53. The first-order valence-corrected chi connectivity index (χ1v) is 6.25. The number of nitrogens with zero attached hydrogens (tertiary/aromatic N) is 3. The van der Waals surface area contributed by atoms with Crippen LogP contribution in [0, 0.1) is 0 Å². The minimum absolute atomic E-state index is 0.942. The minimum atomic E-state index is 0.942. The molecule has 5 heteroatoms. The molecule has 0 amide bonds. The first-order valence-electron chi connectivity index (χ1n) is 5.26. The quantitative estimate of drug-likeness (QED) is 0.834. The first-order chi connectivity index (χ1) is 7.29. The Labute approximate surface area is 94.2 Å². The normalized spacial score (nSPS) is 16.3. The largest absolute Gasteiger partial charge is 0.332 e. The lowest BCUT2D eigenvalue weighted by molar-refractivity contribution is 0.746. The van der Waals surface area contributed by atoms with E-state index >= 15 is 0 Å². The summed E-state index contributed by atoms with van der Waals surface area (Å²) in [5.74, 6) is 1.16. The molecule has 0 saturated heterocycles. The minimum Gasteiger partial charge on any atom is -0.332 e. The van der Waals surface area contributed by atoms with E-state index in [0.29, 0.717) is 0 Å². The van der Waals surface area contributed by atoms with Crippen LogP contribution >= 0.6 is 11.8 Å². The van der Waals surface area contributed by atoms with Crippen LogP contribution in [0.25, 0.3) is 0 Å². The standard InChI is InChI=1S/C10H16N4S/c1-3-8-9(7-14(2)13-8)12-10-11-5-4-6-15-10/h7H,3-6H2,1-2H3,(H,11,12). The van der Waals surface area contributed by atoms with E-state index in [0.717, 1.165) is 35.3 Å². The van der Waals surface area contributed by atoms with Gasteiger partial charge in [-0.1, -0.05) is 18.7 Å². The average Bonchev–Trinajstić information content (AvgIpc) is 2.60. The maximum atomic E-state index is 4.44. The highest BCUT2D eigenvalue weighted by molar-refractivity contribution is 8.14. The van der Waals surface area contributed by atoms with Crippen LogP contribution in [0.3, 0.4) is 0 Å². The molecule has 0 unspecified atom stereocenters. The van der Waals surface area contributed by atoms with Crippen molar-refractivity contribution in [3.05, 3.63) is 11.9 Å². The fraction of sp³-hybridized carbons (Fsp3) is 0.600. The second kappa shape index (κ2) is 4.70. The van der Waals surface area contributed by atoms with Crippen molar-refractivity contribution in [3.8, 4) is 0 Å². The van der Waals surface area contributed by atoms with Gasteiger partial charge >= 0.3 is 0 Å². The van der Waals surface area contributed by atoms with Crippen molar-refractivity contribution in [1.82, 2.24) is 9.78 Å². The summed E-state index contributed by atoms with van der Waals surface area (Å²) >= 11 is 1.79. The molecule has 1 N–H and O–H groups in total. The van der Waals surface area contributed by atoms with Gasteiger partial charge in [-0.15, -0.1) is 0 Å². The van der Waals surface area contributed by atoms with E-state index in [4.69, 9.17) is 0 Å². The van der Waals surface area contributed by atoms with Crippen LogP contribution in [0.15, 0.2) is 11.2 Å². The number of aryl methyl sites for hydroxylation is 2. The number of anilines is 1. The molecule has 82 valence electrons. The van der Waals surface area contributed by atoms with Crippen LogP contribution < -0.4 is 5.32 Å². The molecule has 0 aromatic carbocycles. The number of aromatic nitrogens is 2. The second-order valence-electron chi connectivity index (χ2n) is 3.53. The Bertz CT molecular complexity index is 369. The summed E-state index contributed by atoms with van der Waals surface area (Å²) in [6.07, 6.45) is 4.14. The number of aliphatic imine (C=N–C) groups is 1. The van der Waals surface area contributed by atoms with Crippen molar-refractivity contribution in [2.24, 2.45) is 12.0 Å². The molecule has 0 fully saturated rings. The van der Waals surface area contributed by atoms with E-state index in [1.54, 1.807) is 11.8 Å². The third-order valence-electron chi connectivity index (χ3n) is 2.28. The molecule has 1 aromatic rings. The van der Waals surface area contributed by atoms with Crippen molar-refractivity contribution < 1.29 is 0 Å². The molecule has 1 aliphatic rings. The molecule has 2 heterocycles.